The third-order valence-corrected chi connectivity index (χ3v) is 5.48. The van der Waals surface area contributed by atoms with Crippen LogP contribution in [-0.4, -0.2) is 41.4 Å². The number of nitro benzene ring substituents is 1. The van der Waals surface area contributed by atoms with Crippen LogP contribution in [0, 0.1) is 10.1 Å². The molecule has 8 heteroatoms. The second-order valence-electron chi connectivity index (χ2n) is 7.81. The Morgan fingerprint density at radius 3 is 2.21 bits per heavy atom. The van der Waals surface area contributed by atoms with E-state index in [9.17, 15) is 19.7 Å². The molecule has 2 aromatic rings. The minimum Gasteiger partial charge on any atom is -0.381 e. The number of carbonyl (C=O) groups excluding carboxylic acids is 2. The van der Waals surface area contributed by atoms with Crippen molar-refractivity contribution in [1.29, 1.82) is 0 Å². The van der Waals surface area contributed by atoms with Crippen LogP contribution < -0.4 is 5.32 Å². The van der Waals surface area contributed by atoms with Crippen LogP contribution >= 0.6 is 0 Å². The molecule has 0 saturated carbocycles. The summed E-state index contributed by atoms with van der Waals surface area (Å²) in [5, 5.41) is 14.1. The van der Waals surface area contributed by atoms with Gasteiger partial charge in [0.15, 0.2) is 0 Å². The molecule has 2 aromatic carbocycles. The number of unbranched alkanes of at least 4 members (excludes halogenated alkanes) is 1. The number of amides is 2. The van der Waals surface area contributed by atoms with Gasteiger partial charge in [0.05, 0.1) is 10.5 Å². The third-order valence-electron chi connectivity index (χ3n) is 5.48. The van der Waals surface area contributed by atoms with Crippen LogP contribution in [-0.2, 0) is 20.7 Å². The van der Waals surface area contributed by atoms with Crippen LogP contribution in [0.25, 0.3) is 5.57 Å². The second kappa shape index (κ2) is 11.4. The van der Waals surface area contributed by atoms with E-state index >= 15 is 0 Å². The van der Waals surface area contributed by atoms with E-state index in [-0.39, 0.29) is 23.5 Å². The molecular formula is C25H29N3O5. The Labute approximate surface area is 193 Å². The van der Waals surface area contributed by atoms with Gasteiger partial charge >= 0.3 is 0 Å². The summed E-state index contributed by atoms with van der Waals surface area (Å²) in [5.74, 6) is -0.837. The summed E-state index contributed by atoms with van der Waals surface area (Å²) in [6, 6.07) is 13.3. The van der Waals surface area contributed by atoms with E-state index < -0.39 is 16.7 Å². The molecule has 0 unspecified atom stereocenters. The van der Waals surface area contributed by atoms with Crippen LogP contribution in [0.5, 0.6) is 0 Å². The van der Waals surface area contributed by atoms with Crippen LogP contribution in [0.15, 0.2) is 54.2 Å². The highest BCUT2D eigenvalue weighted by atomic mass is 16.6. The maximum atomic E-state index is 13.2. The van der Waals surface area contributed by atoms with Crippen LogP contribution in [0.4, 0.5) is 11.4 Å². The fourth-order valence-electron chi connectivity index (χ4n) is 3.55. The second-order valence-corrected chi connectivity index (χ2v) is 7.81. The van der Waals surface area contributed by atoms with E-state index in [2.05, 4.69) is 19.2 Å². The number of nitro groups is 1. The average Bonchev–Trinajstić information content (AvgIpc) is 3.05. The predicted molar refractivity (Wildman–Crippen MR) is 127 cm³/mol. The normalized spacial score (nSPS) is 13.7. The highest BCUT2D eigenvalue weighted by Gasteiger charge is 2.39. The van der Waals surface area contributed by atoms with Gasteiger partial charge in [-0.1, -0.05) is 32.4 Å². The van der Waals surface area contributed by atoms with Crippen molar-refractivity contribution in [1.82, 2.24) is 4.90 Å². The van der Waals surface area contributed by atoms with Crippen molar-refractivity contribution in [3.63, 3.8) is 0 Å². The number of benzene rings is 2. The van der Waals surface area contributed by atoms with Gasteiger partial charge in [-0.25, -0.2) is 0 Å². The van der Waals surface area contributed by atoms with Crippen molar-refractivity contribution < 1.29 is 19.2 Å². The fourth-order valence-corrected chi connectivity index (χ4v) is 3.55. The molecule has 8 nitrogen and oxygen atoms in total. The molecule has 174 valence electrons. The van der Waals surface area contributed by atoms with E-state index in [1.165, 1.54) is 29.2 Å². The molecule has 0 saturated heterocycles. The Hall–Kier alpha value is -3.52. The van der Waals surface area contributed by atoms with Gasteiger partial charge in [-0.2, -0.15) is 0 Å². The van der Waals surface area contributed by atoms with Gasteiger partial charge in [0.25, 0.3) is 17.5 Å². The highest BCUT2D eigenvalue weighted by Crippen LogP contribution is 2.31. The third kappa shape index (κ3) is 5.84. The molecule has 0 fully saturated rings. The molecular weight excluding hydrogens is 422 g/mol. The largest absolute Gasteiger partial charge is 0.381 e. The lowest BCUT2D eigenvalue weighted by atomic mass is 10.0. The van der Waals surface area contributed by atoms with E-state index in [1.807, 2.05) is 24.3 Å². The quantitative estimate of drug-likeness (QED) is 0.220. The molecule has 0 bridgehead atoms. The first kappa shape index (κ1) is 24.1. The summed E-state index contributed by atoms with van der Waals surface area (Å²) in [7, 11) is 0. The average molecular weight is 452 g/mol. The van der Waals surface area contributed by atoms with Crippen molar-refractivity contribution in [3.8, 4) is 0 Å². The molecule has 0 radical (unpaired) electrons. The van der Waals surface area contributed by atoms with Crippen molar-refractivity contribution in [2.45, 2.75) is 39.5 Å². The van der Waals surface area contributed by atoms with Gasteiger partial charge in [0, 0.05) is 37.6 Å². The van der Waals surface area contributed by atoms with E-state index in [1.54, 1.807) is 0 Å². The lowest BCUT2D eigenvalue weighted by Crippen LogP contribution is -2.34. The molecule has 0 aromatic heterocycles. The lowest BCUT2D eigenvalue weighted by molar-refractivity contribution is -0.384. The van der Waals surface area contributed by atoms with Crippen LogP contribution in [0.3, 0.4) is 0 Å². The fraction of sp³-hybridized carbons (Fsp3) is 0.360. The smallest absolute Gasteiger partial charge is 0.278 e. The number of nitrogens with one attached hydrogen (secondary N) is 1. The van der Waals surface area contributed by atoms with Gasteiger partial charge in [0.1, 0.15) is 5.70 Å². The predicted octanol–water partition coefficient (Wildman–Crippen LogP) is 4.56. The molecule has 1 aliphatic heterocycles. The number of nitrogens with zero attached hydrogens (tertiary/aromatic N) is 2. The summed E-state index contributed by atoms with van der Waals surface area (Å²) in [6.07, 6.45) is 3.44. The van der Waals surface area contributed by atoms with Gasteiger partial charge in [-0.05, 0) is 54.7 Å². The van der Waals surface area contributed by atoms with Gasteiger partial charge < -0.3 is 10.1 Å². The molecule has 1 heterocycles. The number of rotatable bonds is 12. The standard InChI is InChI=1S/C25H29N3O5/c1-3-5-16-33-17-6-15-27-24(29)22(19-9-13-21(14-10-19)28(31)32)23(25(27)30)26-20-11-7-18(4-2)8-12-20/h7-14,26H,3-6,15-17H2,1-2H3. The summed E-state index contributed by atoms with van der Waals surface area (Å²) < 4.78 is 5.55. The van der Waals surface area contributed by atoms with Crippen molar-refractivity contribution in [2.75, 3.05) is 25.1 Å². The van der Waals surface area contributed by atoms with Crippen molar-refractivity contribution in [2.24, 2.45) is 0 Å². The SMILES string of the molecule is CCCCOCCCN1C(=O)C(Nc2ccc(CC)cc2)=C(c2ccc([N+](=O)[O-])cc2)C1=O. The lowest BCUT2D eigenvalue weighted by Gasteiger charge is -2.15. The van der Waals surface area contributed by atoms with Gasteiger partial charge in [0.2, 0.25) is 0 Å². The molecule has 33 heavy (non-hydrogen) atoms. The zero-order valence-electron chi connectivity index (χ0n) is 19.0. The number of anilines is 1. The first-order valence-corrected chi connectivity index (χ1v) is 11.2. The minimum atomic E-state index is -0.501. The number of hydrogen-bond acceptors (Lipinski definition) is 6. The molecule has 0 aliphatic carbocycles. The van der Waals surface area contributed by atoms with Crippen LogP contribution in [0.1, 0.15) is 44.2 Å². The summed E-state index contributed by atoms with van der Waals surface area (Å²) >= 11 is 0. The number of imide groups is 1. The Morgan fingerprint density at radius 1 is 0.939 bits per heavy atom. The Kier molecular flexibility index (Phi) is 8.32. The van der Waals surface area contributed by atoms with E-state index in [0.717, 1.165) is 24.8 Å². The number of carbonyl (C=O) groups is 2. The first-order valence-electron chi connectivity index (χ1n) is 11.2. The van der Waals surface area contributed by atoms with E-state index in [0.29, 0.717) is 30.9 Å². The number of ether oxygens (including phenoxy) is 1. The first-order chi connectivity index (χ1) is 16.0. The summed E-state index contributed by atoms with van der Waals surface area (Å²) in [6.45, 7) is 5.50. The van der Waals surface area contributed by atoms with Gasteiger partial charge in [-0.3, -0.25) is 24.6 Å². The Morgan fingerprint density at radius 2 is 1.61 bits per heavy atom. The van der Waals surface area contributed by atoms with Crippen molar-refractivity contribution >= 4 is 28.8 Å². The van der Waals surface area contributed by atoms with Crippen molar-refractivity contribution in [3.05, 3.63) is 75.5 Å². The monoisotopic (exact) mass is 451 g/mol. The zero-order valence-corrected chi connectivity index (χ0v) is 19.0. The number of hydrogen-bond donors (Lipinski definition) is 1. The number of aryl methyl sites for hydroxylation is 1. The van der Waals surface area contributed by atoms with E-state index in [4.69, 9.17) is 4.74 Å². The molecule has 0 spiro atoms. The minimum absolute atomic E-state index is 0.0816. The Bertz CT molecular complexity index is 1030. The summed E-state index contributed by atoms with van der Waals surface area (Å²) in [5.41, 5.74) is 2.60. The molecule has 2 amide bonds. The number of non-ortho nitro benzene ring substituents is 1. The van der Waals surface area contributed by atoms with Gasteiger partial charge in [-0.15, -0.1) is 0 Å². The topological polar surface area (TPSA) is 102 Å². The Balaban J connectivity index is 1.85. The molecule has 3 rings (SSSR count). The maximum absolute atomic E-state index is 13.2. The maximum Gasteiger partial charge on any atom is 0.278 e. The van der Waals surface area contributed by atoms with Crippen LogP contribution in [0.2, 0.25) is 0 Å². The summed E-state index contributed by atoms with van der Waals surface area (Å²) in [4.78, 5) is 38.2. The molecule has 1 aliphatic rings. The molecule has 0 atom stereocenters. The highest BCUT2D eigenvalue weighted by molar-refractivity contribution is 6.36. The zero-order chi connectivity index (χ0) is 23.8. The molecule has 1 N–H and O–H groups in total.